The summed E-state index contributed by atoms with van der Waals surface area (Å²) in [5.41, 5.74) is -2.05. The van der Waals surface area contributed by atoms with Gasteiger partial charge in [-0.1, -0.05) is 27.7 Å². The molecule has 9 nitrogen and oxygen atoms in total. The van der Waals surface area contributed by atoms with E-state index >= 15 is 0 Å². The Balaban J connectivity index is 2.54. The molecule has 0 amide bonds. The molecule has 0 aromatic heterocycles. The molecule has 0 spiro atoms. The van der Waals surface area contributed by atoms with Crippen molar-refractivity contribution in [3.8, 4) is 0 Å². The number of aliphatic hydroxyl groups excluding tert-OH is 1. The lowest BCUT2D eigenvalue weighted by molar-refractivity contribution is -0.297. The monoisotopic (exact) mass is 555 g/mol. The fraction of sp³-hybridized carbons (Fsp3) is 0.867. The molecule has 0 radical (unpaired) electrons. The lowest BCUT2D eigenvalue weighted by Gasteiger charge is -2.47. The van der Waals surface area contributed by atoms with Gasteiger partial charge in [0.25, 0.3) is 0 Å². The first kappa shape index (κ1) is 33.8. The van der Waals surface area contributed by atoms with Crippen molar-refractivity contribution in [1.82, 2.24) is 4.90 Å². The van der Waals surface area contributed by atoms with Crippen molar-refractivity contribution in [3.63, 3.8) is 0 Å². The Kier molecular flexibility index (Phi) is 11.7. The average molecular weight is 556 g/mol. The van der Waals surface area contributed by atoms with Gasteiger partial charge in [-0.3, -0.25) is 9.59 Å². The first-order valence-corrected chi connectivity index (χ1v) is 14.3. The van der Waals surface area contributed by atoms with Gasteiger partial charge in [-0.05, 0) is 85.0 Å². The molecule has 9 heteroatoms. The molecule has 0 unspecified atom stereocenters. The molecule has 0 aromatic rings. The number of hydrogen-bond acceptors (Lipinski definition) is 9. The van der Waals surface area contributed by atoms with Crippen LogP contribution in [0, 0.1) is 17.8 Å². The van der Waals surface area contributed by atoms with Crippen LogP contribution in [0.5, 0.6) is 0 Å². The maximum atomic E-state index is 13.5. The first-order valence-electron chi connectivity index (χ1n) is 14.3. The Morgan fingerprint density at radius 1 is 1.10 bits per heavy atom. The fourth-order valence-electron chi connectivity index (χ4n) is 6.34. The van der Waals surface area contributed by atoms with Crippen molar-refractivity contribution in [1.29, 1.82) is 0 Å². The lowest BCUT2D eigenvalue weighted by atomic mass is 9.77. The molecule has 11 atom stereocenters. The number of esters is 1. The SMILES string of the molecule is CC[C@H]1OC(=O)[C@H](C)C[C@H](C)[C@@H](O[C@@H]2O[C@H](C)C[C@H](N(C)C)[C@H]2O)[C@](C)(OC)C[C@@H](C)C(=O)/C(C)=C/[C@]1(C)O. The number of likely N-dealkylation sites (N-methyl/N-ethyl adjacent to an activating group) is 1. The van der Waals surface area contributed by atoms with E-state index in [1.165, 1.54) is 6.08 Å². The second kappa shape index (κ2) is 13.5. The first-order chi connectivity index (χ1) is 18.0. The summed E-state index contributed by atoms with van der Waals surface area (Å²) in [5, 5.41) is 22.4. The van der Waals surface area contributed by atoms with Crippen molar-refractivity contribution in [2.24, 2.45) is 17.8 Å². The van der Waals surface area contributed by atoms with Gasteiger partial charge in [-0.25, -0.2) is 0 Å². The number of allylic oxidation sites excluding steroid dienone is 1. The van der Waals surface area contributed by atoms with E-state index in [1.807, 2.05) is 53.6 Å². The summed E-state index contributed by atoms with van der Waals surface area (Å²) in [7, 11) is 5.43. The van der Waals surface area contributed by atoms with Gasteiger partial charge < -0.3 is 34.1 Å². The predicted molar refractivity (Wildman–Crippen MR) is 149 cm³/mol. The zero-order chi connectivity index (χ0) is 29.9. The Morgan fingerprint density at radius 2 is 1.72 bits per heavy atom. The molecule has 0 aliphatic carbocycles. The minimum absolute atomic E-state index is 0.130. The number of nitrogens with zero attached hydrogens (tertiary/aromatic N) is 1. The molecule has 2 rings (SSSR count). The molecule has 1 fully saturated rings. The summed E-state index contributed by atoms with van der Waals surface area (Å²) in [6.07, 6.45) is -0.0398. The maximum Gasteiger partial charge on any atom is 0.309 e. The number of carbonyl (C=O) groups is 2. The number of cyclic esters (lactones) is 1. The Labute approximate surface area is 235 Å². The van der Waals surface area contributed by atoms with Gasteiger partial charge in [0.2, 0.25) is 0 Å². The van der Waals surface area contributed by atoms with Gasteiger partial charge >= 0.3 is 5.97 Å². The van der Waals surface area contributed by atoms with E-state index in [4.69, 9.17) is 18.9 Å². The van der Waals surface area contributed by atoms with E-state index in [1.54, 1.807) is 27.9 Å². The predicted octanol–water partition coefficient (Wildman–Crippen LogP) is 3.49. The van der Waals surface area contributed by atoms with Gasteiger partial charge in [0.15, 0.2) is 12.1 Å². The Morgan fingerprint density at radius 3 is 2.26 bits per heavy atom. The normalized spacial score (nSPS) is 44.9. The number of ketones is 1. The molecule has 1 saturated heterocycles. The van der Waals surface area contributed by atoms with Crippen LogP contribution in [0.3, 0.4) is 0 Å². The summed E-state index contributed by atoms with van der Waals surface area (Å²) in [6.45, 7) is 14.6. The summed E-state index contributed by atoms with van der Waals surface area (Å²) < 4.78 is 24.6. The molecule has 0 saturated carbocycles. The van der Waals surface area contributed by atoms with E-state index < -0.39 is 53.6 Å². The largest absolute Gasteiger partial charge is 0.459 e. The number of ether oxygens (including phenoxy) is 4. The minimum atomic E-state index is -1.50. The van der Waals surface area contributed by atoms with E-state index in [2.05, 4.69) is 0 Å². The molecular formula is C30H53NO8. The highest BCUT2D eigenvalue weighted by atomic mass is 16.7. The highest BCUT2D eigenvalue weighted by Crippen LogP contribution is 2.38. The fourth-order valence-corrected chi connectivity index (χ4v) is 6.34. The van der Waals surface area contributed by atoms with Crippen LogP contribution in [0.4, 0.5) is 0 Å². The van der Waals surface area contributed by atoms with Crippen molar-refractivity contribution in [2.75, 3.05) is 21.2 Å². The highest BCUT2D eigenvalue weighted by Gasteiger charge is 2.47. The van der Waals surface area contributed by atoms with Crippen LogP contribution in [-0.2, 0) is 28.5 Å². The van der Waals surface area contributed by atoms with Crippen LogP contribution in [0.15, 0.2) is 11.6 Å². The van der Waals surface area contributed by atoms with Crippen LogP contribution >= 0.6 is 0 Å². The maximum absolute atomic E-state index is 13.5. The second-order valence-corrected chi connectivity index (χ2v) is 12.6. The van der Waals surface area contributed by atoms with Crippen LogP contribution in [0.2, 0.25) is 0 Å². The summed E-state index contributed by atoms with van der Waals surface area (Å²) in [6, 6.07) is -0.151. The molecule has 2 N–H and O–H groups in total. The van der Waals surface area contributed by atoms with Gasteiger partial charge in [0.1, 0.15) is 17.8 Å². The molecule has 39 heavy (non-hydrogen) atoms. The van der Waals surface area contributed by atoms with Crippen LogP contribution < -0.4 is 0 Å². The van der Waals surface area contributed by atoms with E-state index in [-0.39, 0.29) is 23.8 Å². The smallest absolute Gasteiger partial charge is 0.309 e. The van der Waals surface area contributed by atoms with Crippen LogP contribution in [0.25, 0.3) is 0 Å². The van der Waals surface area contributed by atoms with Crippen molar-refractivity contribution < 1.29 is 38.7 Å². The molecule has 2 heterocycles. The number of aliphatic hydroxyl groups is 2. The molecular weight excluding hydrogens is 502 g/mol. The molecule has 0 aromatic carbocycles. The number of methoxy groups -OCH3 is 1. The van der Waals surface area contributed by atoms with Gasteiger partial charge in [0.05, 0.1) is 23.7 Å². The van der Waals surface area contributed by atoms with Crippen LogP contribution in [0.1, 0.15) is 81.1 Å². The lowest BCUT2D eigenvalue weighted by Crippen LogP contribution is -2.58. The van der Waals surface area contributed by atoms with Gasteiger partial charge in [-0.2, -0.15) is 0 Å². The van der Waals surface area contributed by atoms with Crippen molar-refractivity contribution in [2.45, 2.75) is 129 Å². The number of Topliss-reactive ketones (excluding diaryl/α,β-unsaturated/α-hetero) is 1. The molecule has 2 aliphatic rings. The summed E-state index contributed by atoms with van der Waals surface area (Å²) >= 11 is 0. The third kappa shape index (κ3) is 8.11. The molecule has 226 valence electrons. The van der Waals surface area contributed by atoms with Gasteiger partial charge in [-0.15, -0.1) is 0 Å². The number of rotatable bonds is 5. The second-order valence-electron chi connectivity index (χ2n) is 12.6. The minimum Gasteiger partial charge on any atom is -0.459 e. The Bertz CT molecular complexity index is 873. The van der Waals surface area contributed by atoms with Crippen molar-refractivity contribution in [3.05, 3.63) is 11.6 Å². The number of carbonyl (C=O) groups excluding carboxylic acids is 2. The third-order valence-corrected chi connectivity index (χ3v) is 8.61. The third-order valence-electron chi connectivity index (χ3n) is 8.61. The van der Waals surface area contributed by atoms with Gasteiger partial charge in [0, 0.05) is 19.1 Å². The molecule has 2 aliphatic heterocycles. The standard InChI is InChI=1S/C30H53NO8/c1-12-23-29(7,35)15-19(4)24(32)20(5)16-30(8,36-11)26(17(2)13-18(3)27(34)38-23)39-28-25(33)22(31(9)10)14-21(6)37-28/h15,17-18,20-23,25-26,28,33,35H,12-14,16H2,1-11H3/b19-15+/t17-,18+,20+,21+,22-,23+,25+,26+,28-,29-,30+/m0/s1. The van der Waals surface area contributed by atoms with E-state index in [0.29, 0.717) is 31.3 Å². The van der Waals surface area contributed by atoms with E-state index in [9.17, 15) is 19.8 Å². The average Bonchev–Trinajstić information content (AvgIpc) is 2.85. The topological polar surface area (TPSA) is 115 Å². The highest BCUT2D eigenvalue weighted by molar-refractivity contribution is 5.96. The van der Waals surface area contributed by atoms with Crippen LogP contribution in [-0.4, -0.2) is 96.0 Å². The zero-order valence-electron chi connectivity index (χ0n) is 25.9. The molecule has 0 bridgehead atoms. The zero-order valence-corrected chi connectivity index (χ0v) is 25.9. The summed E-state index contributed by atoms with van der Waals surface area (Å²) in [5.74, 6) is -1.73. The van der Waals surface area contributed by atoms with E-state index in [0.717, 1.165) is 0 Å². The number of hydrogen-bond donors (Lipinski definition) is 2. The summed E-state index contributed by atoms with van der Waals surface area (Å²) in [4.78, 5) is 28.6. The van der Waals surface area contributed by atoms with Crippen molar-refractivity contribution >= 4 is 11.8 Å². The Hall–Kier alpha value is -1.36. The quantitative estimate of drug-likeness (QED) is 0.492.